The number of benzene rings is 1. The van der Waals surface area contributed by atoms with E-state index in [0.717, 1.165) is 16.0 Å². The lowest BCUT2D eigenvalue weighted by Gasteiger charge is -2.03. The number of aryl methyl sites for hydroxylation is 1. The van der Waals surface area contributed by atoms with Gasteiger partial charge >= 0.3 is 5.63 Å². The van der Waals surface area contributed by atoms with Crippen molar-refractivity contribution in [2.24, 2.45) is 0 Å². The molecule has 0 atom stereocenters. The molecule has 4 heteroatoms. The van der Waals surface area contributed by atoms with E-state index in [4.69, 9.17) is 4.42 Å². The van der Waals surface area contributed by atoms with Crippen molar-refractivity contribution in [2.75, 3.05) is 0 Å². The van der Waals surface area contributed by atoms with Gasteiger partial charge in [0.25, 0.3) is 0 Å². The topological polar surface area (TPSA) is 43.1 Å². The van der Waals surface area contributed by atoms with Crippen molar-refractivity contribution in [2.45, 2.75) is 26.7 Å². The monoisotopic (exact) mass is 285 g/mol. The summed E-state index contributed by atoms with van der Waals surface area (Å²) in [6.45, 7) is 5.97. The second kappa shape index (κ2) is 4.87. The van der Waals surface area contributed by atoms with Crippen LogP contribution in [0.5, 0.6) is 0 Å². The number of aromatic nitrogens is 1. The highest BCUT2D eigenvalue weighted by Crippen LogP contribution is 2.31. The molecule has 20 heavy (non-hydrogen) atoms. The van der Waals surface area contributed by atoms with Gasteiger partial charge < -0.3 is 4.42 Å². The van der Waals surface area contributed by atoms with Crippen molar-refractivity contribution in [1.82, 2.24) is 4.98 Å². The van der Waals surface area contributed by atoms with Crippen LogP contribution < -0.4 is 5.63 Å². The highest BCUT2D eigenvalue weighted by molar-refractivity contribution is 7.17. The van der Waals surface area contributed by atoms with E-state index in [0.29, 0.717) is 11.3 Å². The molecule has 102 valence electrons. The predicted molar refractivity (Wildman–Crippen MR) is 82.4 cm³/mol. The number of thiophene rings is 1. The largest absolute Gasteiger partial charge is 0.408 e. The molecule has 0 amide bonds. The average Bonchev–Trinajstić information content (AvgIpc) is 2.84. The van der Waals surface area contributed by atoms with E-state index in [1.54, 1.807) is 0 Å². The van der Waals surface area contributed by atoms with E-state index in [1.165, 1.54) is 16.9 Å². The minimum atomic E-state index is -0.296. The Balaban J connectivity index is 2.24. The van der Waals surface area contributed by atoms with Crippen LogP contribution >= 0.6 is 11.3 Å². The van der Waals surface area contributed by atoms with Crippen molar-refractivity contribution < 1.29 is 4.42 Å². The minimum Gasteiger partial charge on any atom is -0.408 e. The van der Waals surface area contributed by atoms with Gasteiger partial charge in [-0.25, -0.2) is 9.78 Å². The smallest absolute Gasteiger partial charge is 0.348 e. The molecule has 0 aliphatic carbocycles. The van der Waals surface area contributed by atoms with Crippen LogP contribution in [-0.2, 0) is 0 Å². The summed E-state index contributed by atoms with van der Waals surface area (Å²) in [5.74, 6) is 0.608. The summed E-state index contributed by atoms with van der Waals surface area (Å²) in [7, 11) is 0. The molecule has 0 saturated carbocycles. The average molecular weight is 285 g/mol. The fourth-order valence-corrected chi connectivity index (χ4v) is 3.03. The zero-order valence-electron chi connectivity index (χ0n) is 11.6. The summed E-state index contributed by atoms with van der Waals surface area (Å²) in [6.07, 6.45) is 0. The Morgan fingerprint density at radius 3 is 2.55 bits per heavy atom. The third kappa shape index (κ3) is 2.16. The fourth-order valence-electron chi connectivity index (χ4n) is 2.09. The van der Waals surface area contributed by atoms with Gasteiger partial charge in [0.15, 0.2) is 0 Å². The van der Waals surface area contributed by atoms with E-state index >= 15 is 0 Å². The number of rotatable bonds is 2. The zero-order chi connectivity index (χ0) is 14.3. The lowest BCUT2D eigenvalue weighted by molar-refractivity contribution is 0.425. The van der Waals surface area contributed by atoms with Crippen molar-refractivity contribution in [3.8, 4) is 11.1 Å². The summed E-state index contributed by atoms with van der Waals surface area (Å²) in [5.41, 5.74) is 2.82. The fraction of sp³-hybridized carbons (Fsp3) is 0.250. The van der Waals surface area contributed by atoms with Crippen molar-refractivity contribution in [3.63, 3.8) is 0 Å². The van der Waals surface area contributed by atoms with Gasteiger partial charge in [0.05, 0.1) is 0 Å². The second-order valence-corrected chi connectivity index (χ2v) is 6.05. The Bertz CT molecular complexity index is 813. The van der Waals surface area contributed by atoms with E-state index < -0.39 is 0 Å². The van der Waals surface area contributed by atoms with Crippen LogP contribution in [0, 0.1) is 6.92 Å². The van der Waals surface area contributed by atoms with Gasteiger partial charge in [-0.15, -0.1) is 11.3 Å². The molecule has 0 unspecified atom stereocenters. The van der Waals surface area contributed by atoms with Crippen LogP contribution in [0.1, 0.15) is 31.2 Å². The standard InChI is InChI=1S/C16H15NO2S/c1-9(2)14-17-15-13(16(18)19-14)12(8-20-15)11-6-4-10(3)5-7-11/h4-9H,1-3H3. The maximum Gasteiger partial charge on any atom is 0.348 e. The zero-order valence-corrected chi connectivity index (χ0v) is 12.5. The Morgan fingerprint density at radius 1 is 1.20 bits per heavy atom. The van der Waals surface area contributed by atoms with Crippen LogP contribution in [0.2, 0.25) is 0 Å². The van der Waals surface area contributed by atoms with Crippen LogP contribution in [0.4, 0.5) is 0 Å². The molecule has 0 spiro atoms. The third-order valence-corrected chi connectivity index (χ3v) is 4.11. The number of hydrogen-bond donors (Lipinski definition) is 0. The molecule has 3 rings (SSSR count). The van der Waals surface area contributed by atoms with Crippen LogP contribution in [0.15, 0.2) is 38.9 Å². The van der Waals surface area contributed by atoms with Gasteiger partial charge in [-0.2, -0.15) is 0 Å². The molecule has 1 aromatic carbocycles. The molecule has 0 saturated heterocycles. The summed E-state index contributed by atoms with van der Waals surface area (Å²) in [6, 6.07) is 8.12. The normalized spacial score (nSPS) is 11.4. The first kappa shape index (κ1) is 13.1. The molecule has 0 aliphatic heterocycles. The summed E-state index contributed by atoms with van der Waals surface area (Å²) >= 11 is 1.49. The van der Waals surface area contributed by atoms with E-state index in [-0.39, 0.29) is 11.5 Å². The van der Waals surface area contributed by atoms with Crippen molar-refractivity contribution in [1.29, 1.82) is 0 Å². The highest BCUT2D eigenvalue weighted by Gasteiger charge is 2.15. The van der Waals surface area contributed by atoms with Gasteiger partial charge in [-0.1, -0.05) is 43.7 Å². The predicted octanol–water partition coefficient (Wildman–Crippen LogP) is 4.35. The maximum absolute atomic E-state index is 12.2. The number of fused-ring (bicyclic) bond motifs is 1. The van der Waals surface area contributed by atoms with Gasteiger partial charge in [-0.3, -0.25) is 0 Å². The van der Waals surface area contributed by atoms with Crippen LogP contribution in [0.3, 0.4) is 0 Å². The van der Waals surface area contributed by atoms with Crippen LogP contribution in [-0.4, -0.2) is 4.98 Å². The molecular formula is C16H15NO2S. The quantitative estimate of drug-likeness (QED) is 0.703. The van der Waals surface area contributed by atoms with Gasteiger partial charge in [-0.05, 0) is 12.5 Å². The molecule has 0 bridgehead atoms. The third-order valence-electron chi connectivity index (χ3n) is 3.24. The second-order valence-electron chi connectivity index (χ2n) is 5.19. The first-order chi connectivity index (χ1) is 9.56. The minimum absolute atomic E-state index is 0.108. The molecule has 2 heterocycles. The Kier molecular flexibility index (Phi) is 3.18. The Labute approximate surface area is 120 Å². The van der Waals surface area contributed by atoms with E-state index in [9.17, 15) is 4.79 Å². The first-order valence-corrected chi connectivity index (χ1v) is 7.43. The maximum atomic E-state index is 12.2. The lowest BCUT2D eigenvalue weighted by atomic mass is 10.1. The van der Waals surface area contributed by atoms with Crippen molar-refractivity contribution >= 4 is 21.6 Å². The number of hydrogen-bond acceptors (Lipinski definition) is 4. The highest BCUT2D eigenvalue weighted by atomic mass is 32.1. The molecular weight excluding hydrogens is 270 g/mol. The molecule has 0 fully saturated rings. The van der Waals surface area contributed by atoms with Crippen molar-refractivity contribution in [3.05, 3.63) is 51.5 Å². The molecule has 0 aliphatic rings. The summed E-state index contributed by atoms with van der Waals surface area (Å²) in [4.78, 5) is 17.4. The molecule has 2 aromatic heterocycles. The lowest BCUT2D eigenvalue weighted by Crippen LogP contribution is -2.05. The summed E-state index contributed by atoms with van der Waals surface area (Å²) in [5, 5.41) is 2.56. The summed E-state index contributed by atoms with van der Waals surface area (Å²) < 4.78 is 5.34. The molecule has 0 radical (unpaired) electrons. The van der Waals surface area contributed by atoms with Gasteiger partial charge in [0.1, 0.15) is 10.2 Å². The Hall–Kier alpha value is -1.94. The van der Waals surface area contributed by atoms with Gasteiger partial charge in [0, 0.05) is 16.9 Å². The molecule has 3 nitrogen and oxygen atoms in total. The van der Waals surface area contributed by atoms with E-state index in [1.807, 2.05) is 50.4 Å². The number of nitrogens with zero attached hydrogens (tertiary/aromatic N) is 1. The first-order valence-electron chi connectivity index (χ1n) is 6.55. The van der Waals surface area contributed by atoms with E-state index in [2.05, 4.69) is 4.98 Å². The van der Waals surface area contributed by atoms with Gasteiger partial charge in [0.2, 0.25) is 5.89 Å². The van der Waals surface area contributed by atoms with Crippen LogP contribution in [0.25, 0.3) is 21.3 Å². The molecule has 3 aromatic rings. The molecule has 0 N–H and O–H groups in total. The SMILES string of the molecule is Cc1ccc(-c2csc3nc(C(C)C)oc(=O)c23)cc1. The Morgan fingerprint density at radius 2 is 1.90 bits per heavy atom.